The molecule has 0 saturated carbocycles. The minimum Gasteiger partial charge on any atom is -0.316 e. The molecule has 0 aliphatic carbocycles. The highest BCUT2D eigenvalue weighted by Gasteiger charge is 2.17. The minimum atomic E-state index is 0.811. The molecule has 0 atom stereocenters. The second-order valence-corrected chi connectivity index (χ2v) is 8.41. The zero-order valence-corrected chi connectivity index (χ0v) is 18.3. The van der Waals surface area contributed by atoms with Crippen LogP contribution in [0.3, 0.4) is 0 Å². The van der Waals surface area contributed by atoms with Gasteiger partial charge in [-0.1, -0.05) is 72.8 Å². The fraction of sp³-hybridized carbons (Fsp3) is 0. The van der Waals surface area contributed by atoms with Crippen LogP contribution in [0.25, 0.3) is 55.5 Å². The van der Waals surface area contributed by atoms with Crippen LogP contribution >= 0.6 is 0 Å². The van der Waals surface area contributed by atoms with Crippen molar-refractivity contribution in [2.75, 3.05) is 0 Å². The molecule has 0 aliphatic rings. The Balaban J connectivity index is 1.51. The standard InChI is InChI=1S/C30H20N4/c1-3-9-21(10-4-1)26-16-18-29(32-31-26)34-28-14-8-7-13-23(28)24-15-17-27-25(30(24)34)19-20-33(27)22-11-5-2-6-12-22/h1-20H. The zero-order valence-electron chi connectivity index (χ0n) is 18.3. The molecular formula is C30H20N4. The third-order valence-electron chi connectivity index (χ3n) is 6.49. The van der Waals surface area contributed by atoms with Crippen molar-refractivity contribution >= 4 is 32.7 Å². The lowest BCUT2D eigenvalue weighted by Gasteiger charge is -2.09. The van der Waals surface area contributed by atoms with E-state index in [0.717, 1.165) is 39.3 Å². The third kappa shape index (κ3) is 2.79. The molecule has 0 amide bonds. The Bertz CT molecular complexity index is 1780. The number of nitrogens with zero attached hydrogens (tertiary/aromatic N) is 4. The number of benzene rings is 4. The summed E-state index contributed by atoms with van der Waals surface area (Å²) in [4.78, 5) is 0. The Hall–Kier alpha value is -4.70. The van der Waals surface area contributed by atoms with E-state index in [9.17, 15) is 0 Å². The summed E-state index contributed by atoms with van der Waals surface area (Å²) < 4.78 is 4.48. The van der Waals surface area contributed by atoms with E-state index in [1.165, 1.54) is 16.2 Å². The number of aromatic nitrogens is 4. The van der Waals surface area contributed by atoms with Crippen LogP contribution in [0.15, 0.2) is 121 Å². The highest BCUT2D eigenvalue weighted by molar-refractivity contribution is 6.18. The molecule has 0 unspecified atom stereocenters. The summed E-state index contributed by atoms with van der Waals surface area (Å²) in [7, 11) is 0. The summed E-state index contributed by atoms with van der Waals surface area (Å²) in [5, 5.41) is 12.9. The second-order valence-electron chi connectivity index (χ2n) is 8.41. The topological polar surface area (TPSA) is 35.6 Å². The zero-order chi connectivity index (χ0) is 22.5. The Kier molecular flexibility index (Phi) is 4.11. The maximum absolute atomic E-state index is 4.68. The van der Waals surface area contributed by atoms with Crippen LogP contribution in [0.1, 0.15) is 0 Å². The molecule has 0 bridgehead atoms. The Labute approximate surface area is 196 Å². The van der Waals surface area contributed by atoms with Crippen molar-refractivity contribution in [1.29, 1.82) is 0 Å². The second kappa shape index (κ2) is 7.42. The summed E-state index contributed by atoms with van der Waals surface area (Å²) >= 11 is 0. The molecule has 160 valence electrons. The van der Waals surface area contributed by atoms with Crippen LogP contribution in [-0.2, 0) is 0 Å². The summed E-state index contributed by atoms with van der Waals surface area (Å²) in [6.07, 6.45) is 2.14. The molecule has 0 radical (unpaired) electrons. The fourth-order valence-corrected chi connectivity index (χ4v) is 4.94. The van der Waals surface area contributed by atoms with E-state index in [1.807, 2.05) is 30.3 Å². The monoisotopic (exact) mass is 436 g/mol. The normalized spacial score (nSPS) is 11.5. The first-order valence-electron chi connectivity index (χ1n) is 11.4. The Morgan fingerprint density at radius 3 is 2.06 bits per heavy atom. The molecule has 0 aliphatic heterocycles. The number of rotatable bonds is 3. The van der Waals surface area contributed by atoms with Gasteiger partial charge in [0.05, 0.1) is 22.2 Å². The molecule has 0 saturated heterocycles. The summed E-state index contributed by atoms with van der Waals surface area (Å²) in [5.41, 5.74) is 6.51. The van der Waals surface area contributed by atoms with Gasteiger partial charge in [-0.25, -0.2) is 0 Å². The van der Waals surface area contributed by atoms with Crippen LogP contribution in [0, 0.1) is 0 Å². The predicted octanol–water partition coefficient (Wildman–Crippen LogP) is 7.18. The van der Waals surface area contributed by atoms with Crippen LogP contribution in [0.4, 0.5) is 0 Å². The Morgan fingerprint density at radius 2 is 1.26 bits per heavy atom. The van der Waals surface area contributed by atoms with Gasteiger partial charge in [0.2, 0.25) is 0 Å². The first-order chi connectivity index (χ1) is 16.9. The minimum absolute atomic E-state index is 0.811. The smallest absolute Gasteiger partial charge is 0.160 e. The van der Waals surface area contributed by atoms with E-state index in [2.05, 4.69) is 110 Å². The maximum Gasteiger partial charge on any atom is 0.160 e. The van der Waals surface area contributed by atoms with Gasteiger partial charge in [0.25, 0.3) is 0 Å². The number of para-hydroxylation sites is 2. The van der Waals surface area contributed by atoms with Gasteiger partial charge < -0.3 is 4.57 Å². The van der Waals surface area contributed by atoms with E-state index in [-0.39, 0.29) is 0 Å². The molecule has 0 spiro atoms. The van der Waals surface area contributed by atoms with Gasteiger partial charge in [-0.05, 0) is 42.5 Å². The van der Waals surface area contributed by atoms with Crippen molar-refractivity contribution in [3.8, 4) is 22.8 Å². The highest BCUT2D eigenvalue weighted by atomic mass is 15.2. The third-order valence-corrected chi connectivity index (χ3v) is 6.49. The molecule has 7 aromatic rings. The van der Waals surface area contributed by atoms with Crippen LogP contribution in [-0.4, -0.2) is 19.3 Å². The van der Waals surface area contributed by atoms with Crippen molar-refractivity contribution in [2.24, 2.45) is 0 Å². The Morgan fingerprint density at radius 1 is 0.500 bits per heavy atom. The first-order valence-corrected chi connectivity index (χ1v) is 11.4. The molecule has 4 aromatic carbocycles. The van der Waals surface area contributed by atoms with Crippen molar-refractivity contribution in [3.63, 3.8) is 0 Å². The molecule has 7 rings (SSSR count). The summed E-state index contributed by atoms with van der Waals surface area (Å²) in [6.45, 7) is 0. The molecule has 3 aromatic heterocycles. The van der Waals surface area contributed by atoms with E-state index in [0.29, 0.717) is 0 Å². The van der Waals surface area contributed by atoms with Crippen molar-refractivity contribution < 1.29 is 0 Å². The van der Waals surface area contributed by atoms with E-state index < -0.39 is 0 Å². The molecule has 34 heavy (non-hydrogen) atoms. The largest absolute Gasteiger partial charge is 0.316 e. The molecule has 3 heterocycles. The molecule has 0 fully saturated rings. The molecule has 4 heteroatoms. The average Bonchev–Trinajstić information content (AvgIpc) is 3.49. The van der Waals surface area contributed by atoms with Crippen molar-refractivity contribution in [3.05, 3.63) is 121 Å². The first kappa shape index (κ1) is 18.8. The quantitative estimate of drug-likeness (QED) is 0.294. The average molecular weight is 437 g/mol. The predicted molar refractivity (Wildman–Crippen MR) is 139 cm³/mol. The van der Waals surface area contributed by atoms with E-state index in [1.54, 1.807) is 0 Å². The van der Waals surface area contributed by atoms with Gasteiger partial charge in [-0.2, -0.15) is 0 Å². The van der Waals surface area contributed by atoms with Gasteiger partial charge >= 0.3 is 0 Å². The lowest BCUT2D eigenvalue weighted by Crippen LogP contribution is -2.00. The lowest BCUT2D eigenvalue weighted by molar-refractivity contribution is 0.959. The van der Waals surface area contributed by atoms with Crippen LogP contribution in [0.2, 0.25) is 0 Å². The van der Waals surface area contributed by atoms with Gasteiger partial charge in [-0.15, -0.1) is 10.2 Å². The van der Waals surface area contributed by atoms with Gasteiger partial charge in [0, 0.05) is 33.6 Å². The lowest BCUT2D eigenvalue weighted by atomic mass is 10.1. The summed E-state index contributed by atoms with van der Waals surface area (Å²) in [5.74, 6) is 0.811. The fourth-order valence-electron chi connectivity index (χ4n) is 4.94. The van der Waals surface area contributed by atoms with Gasteiger partial charge in [0.15, 0.2) is 5.82 Å². The number of hydrogen-bond acceptors (Lipinski definition) is 2. The summed E-state index contributed by atoms with van der Waals surface area (Å²) in [6, 6.07) is 39.9. The van der Waals surface area contributed by atoms with Crippen LogP contribution < -0.4 is 0 Å². The van der Waals surface area contributed by atoms with Crippen molar-refractivity contribution in [2.45, 2.75) is 0 Å². The van der Waals surface area contributed by atoms with Crippen LogP contribution in [0.5, 0.6) is 0 Å². The molecular weight excluding hydrogens is 416 g/mol. The van der Waals surface area contributed by atoms with Gasteiger partial charge in [0.1, 0.15) is 0 Å². The van der Waals surface area contributed by atoms with E-state index >= 15 is 0 Å². The number of fused-ring (bicyclic) bond motifs is 5. The SMILES string of the molecule is c1ccc(-c2ccc(-n3c4ccccc4c4ccc5c(ccn5-c5ccccc5)c43)nn2)cc1. The molecule has 4 nitrogen and oxygen atoms in total. The highest BCUT2D eigenvalue weighted by Crippen LogP contribution is 2.37. The van der Waals surface area contributed by atoms with Crippen molar-refractivity contribution in [1.82, 2.24) is 19.3 Å². The van der Waals surface area contributed by atoms with Gasteiger partial charge in [-0.3, -0.25) is 4.57 Å². The molecule has 0 N–H and O–H groups in total. The number of hydrogen-bond donors (Lipinski definition) is 0. The van der Waals surface area contributed by atoms with E-state index in [4.69, 9.17) is 0 Å². The maximum atomic E-state index is 4.68.